The molecule has 3 amide bonds. The molecule has 4 aliphatic rings. The van der Waals surface area contributed by atoms with Crippen LogP contribution in [0, 0.1) is 23.2 Å². The molecule has 28 heavy (non-hydrogen) atoms. The van der Waals surface area contributed by atoms with Crippen LogP contribution in [0.15, 0.2) is 24.3 Å². The third kappa shape index (κ3) is 3.91. The summed E-state index contributed by atoms with van der Waals surface area (Å²) in [5, 5.41) is 5.88. The van der Waals surface area contributed by atoms with Crippen molar-refractivity contribution in [3.63, 3.8) is 0 Å². The number of nitrogens with one attached hydrogen (secondary N) is 2. The van der Waals surface area contributed by atoms with Crippen molar-refractivity contribution in [3.8, 4) is 0 Å². The molecule has 5 rings (SSSR count). The lowest BCUT2D eigenvalue weighted by Gasteiger charge is -2.55. The van der Waals surface area contributed by atoms with Crippen LogP contribution in [0.25, 0.3) is 0 Å². The van der Waals surface area contributed by atoms with E-state index in [0.29, 0.717) is 30.6 Å². The fraction of sp³-hybridized carbons (Fsp3) is 0.591. The van der Waals surface area contributed by atoms with Gasteiger partial charge in [0.05, 0.1) is 0 Å². The second-order valence-electron chi connectivity index (χ2n) is 9.05. The minimum atomic E-state index is -0.525. The summed E-state index contributed by atoms with van der Waals surface area (Å²) in [6.45, 7) is 0.523. The summed E-state index contributed by atoms with van der Waals surface area (Å²) < 4.78 is 0. The van der Waals surface area contributed by atoms with Crippen LogP contribution in [0.3, 0.4) is 0 Å². The van der Waals surface area contributed by atoms with Gasteiger partial charge in [0.25, 0.3) is 0 Å². The summed E-state index contributed by atoms with van der Waals surface area (Å²) in [5.41, 5.74) is 6.04. The second-order valence-corrected chi connectivity index (χ2v) is 9.05. The molecular formula is C22H29N3O3. The Kier molecular flexibility index (Phi) is 5.13. The number of benzene rings is 1. The van der Waals surface area contributed by atoms with E-state index in [1.54, 1.807) is 24.3 Å². The Balaban J connectivity index is 1.21. The van der Waals surface area contributed by atoms with Crippen molar-refractivity contribution >= 4 is 23.4 Å². The van der Waals surface area contributed by atoms with Gasteiger partial charge in [-0.15, -0.1) is 0 Å². The van der Waals surface area contributed by atoms with Gasteiger partial charge in [-0.3, -0.25) is 14.4 Å². The molecule has 4 aliphatic carbocycles. The zero-order chi connectivity index (χ0) is 19.7. The zero-order valence-corrected chi connectivity index (χ0v) is 16.2. The molecule has 0 aliphatic heterocycles. The highest BCUT2D eigenvalue weighted by Gasteiger charge is 2.54. The van der Waals surface area contributed by atoms with Gasteiger partial charge in [-0.1, -0.05) is 6.07 Å². The van der Waals surface area contributed by atoms with Crippen LogP contribution in [0.5, 0.6) is 0 Å². The molecule has 0 heterocycles. The van der Waals surface area contributed by atoms with Crippen molar-refractivity contribution in [1.82, 2.24) is 5.32 Å². The molecule has 4 bridgehead atoms. The molecule has 4 fully saturated rings. The number of carbonyl (C=O) groups excluding carboxylic acids is 3. The Hall–Kier alpha value is -2.37. The molecule has 1 aromatic carbocycles. The van der Waals surface area contributed by atoms with Crippen molar-refractivity contribution in [3.05, 3.63) is 29.8 Å². The van der Waals surface area contributed by atoms with E-state index in [9.17, 15) is 14.4 Å². The van der Waals surface area contributed by atoms with Crippen LogP contribution in [-0.4, -0.2) is 24.3 Å². The van der Waals surface area contributed by atoms with E-state index >= 15 is 0 Å². The Labute approximate surface area is 165 Å². The van der Waals surface area contributed by atoms with E-state index in [1.807, 2.05) is 0 Å². The first-order valence-corrected chi connectivity index (χ1v) is 10.4. The van der Waals surface area contributed by atoms with Gasteiger partial charge in [0, 0.05) is 29.6 Å². The molecule has 1 aromatic rings. The van der Waals surface area contributed by atoms with Crippen LogP contribution in [0.4, 0.5) is 5.69 Å². The molecule has 0 aromatic heterocycles. The summed E-state index contributed by atoms with van der Waals surface area (Å²) in [6.07, 6.45) is 8.06. The highest BCUT2D eigenvalue weighted by Crippen LogP contribution is 2.60. The topological polar surface area (TPSA) is 101 Å². The van der Waals surface area contributed by atoms with E-state index < -0.39 is 5.91 Å². The summed E-state index contributed by atoms with van der Waals surface area (Å²) in [4.78, 5) is 36.2. The van der Waals surface area contributed by atoms with Crippen molar-refractivity contribution in [2.75, 3.05) is 11.9 Å². The summed E-state index contributed by atoms with van der Waals surface area (Å²) in [6, 6.07) is 6.58. The van der Waals surface area contributed by atoms with E-state index in [2.05, 4.69) is 10.6 Å². The average molecular weight is 383 g/mol. The van der Waals surface area contributed by atoms with Crippen molar-refractivity contribution < 1.29 is 14.4 Å². The fourth-order valence-electron chi connectivity index (χ4n) is 6.00. The molecule has 6 nitrogen and oxygen atoms in total. The lowest BCUT2D eigenvalue weighted by atomic mass is 9.49. The summed E-state index contributed by atoms with van der Waals surface area (Å²) in [5.74, 6) is 1.80. The Morgan fingerprint density at radius 3 is 2.29 bits per heavy atom. The SMILES string of the molecule is NC(=O)c1cccc(NC(=O)CCCNC(=O)C23CC4CC(CC(C4)C2)C3)c1. The predicted octanol–water partition coefficient (Wildman–Crippen LogP) is 2.84. The average Bonchev–Trinajstić information content (AvgIpc) is 2.64. The maximum Gasteiger partial charge on any atom is 0.248 e. The van der Waals surface area contributed by atoms with Gasteiger partial charge in [0.2, 0.25) is 17.7 Å². The monoisotopic (exact) mass is 383 g/mol. The molecule has 4 saturated carbocycles. The van der Waals surface area contributed by atoms with Gasteiger partial charge >= 0.3 is 0 Å². The number of primary amides is 1. The first-order valence-electron chi connectivity index (χ1n) is 10.4. The summed E-state index contributed by atoms with van der Waals surface area (Å²) in [7, 11) is 0. The molecule has 150 valence electrons. The van der Waals surface area contributed by atoms with E-state index in [-0.39, 0.29) is 17.2 Å². The molecule has 0 radical (unpaired) electrons. The minimum Gasteiger partial charge on any atom is -0.366 e. The molecule has 0 spiro atoms. The third-order valence-electron chi connectivity index (χ3n) is 6.82. The fourth-order valence-corrected chi connectivity index (χ4v) is 6.00. The zero-order valence-electron chi connectivity index (χ0n) is 16.2. The van der Waals surface area contributed by atoms with Gasteiger partial charge < -0.3 is 16.4 Å². The number of hydrogen-bond donors (Lipinski definition) is 3. The minimum absolute atomic E-state index is 0.133. The molecule has 0 atom stereocenters. The highest BCUT2D eigenvalue weighted by molar-refractivity contribution is 5.96. The maximum absolute atomic E-state index is 12.9. The van der Waals surface area contributed by atoms with Gasteiger partial charge in [-0.2, -0.15) is 0 Å². The maximum atomic E-state index is 12.9. The van der Waals surface area contributed by atoms with Crippen molar-refractivity contribution in [1.29, 1.82) is 0 Å². The van der Waals surface area contributed by atoms with Crippen LogP contribution < -0.4 is 16.4 Å². The third-order valence-corrected chi connectivity index (χ3v) is 6.82. The Bertz CT molecular complexity index is 754. The predicted molar refractivity (Wildman–Crippen MR) is 106 cm³/mol. The Morgan fingerprint density at radius 2 is 1.68 bits per heavy atom. The Morgan fingerprint density at radius 1 is 1.04 bits per heavy atom. The van der Waals surface area contributed by atoms with Gasteiger partial charge in [0.1, 0.15) is 0 Å². The number of carbonyl (C=O) groups is 3. The van der Waals surface area contributed by atoms with E-state index in [1.165, 1.54) is 19.3 Å². The lowest BCUT2D eigenvalue weighted by Crippen LogP contribution is -2.53. The lowest BCUT2D eigenvalue weighted by molar-refractivity contribution is -0.146. The van der Waals surface area contributed by atoms with E-state index in [4.69, 9.17) is 5.73 Å². The van der Waals surface area contributed by atoms with E-state index in [0.717, 1.165) is 37.0 Å². The molecule has 4 N–H and O–H groups in total. The quantitative estimate of drug-likeness (QED) is 0.631. The summed E-state index contributed by atoms with van der Waals surface area (Å²) >= 11 is 0. The number of rotatable bonds is 7. The van der Waals surface area contributed by atoms with Gasteiger partial charge in [-0.05, 0) is 80.9 Å². The number of amides is 3. The smallest absolute Gasteiger partial charge is 0.248 e. The number of anilines is 1. The first kappa shape index (κ1) is 19.0. The largest absolute Gasteiger partial charge is 0.366 e. The highest BCUT2D eigenvalue weighted by atomic mass is 16.2. The standard InChI is InChI=1S/C22H29N3O3/c23-20(27)17-3-1-4-18(10-17)25-19(26)5-2-6-24-21(28)22-11-14-7-15(12-22)9-16(8-14)13-22/h1,3-4,10,14-16H,2,5-9,11-13H2,(H2,23,27)(H,24,28)(H,25,26). The van der Waals surface area contributed by atoms with Crippen molar-refractivity contribution in [2.45, 2.75) is 51.4 Å². The second kappa shape index (κ2) is 7.57. The van der Waals surface area contributed by atoms with Gasteiger partial charge in [-0.25, -0.2) is 0 Å². The normalized spacial score (nSPS) is 30.1. The van der Waals surface area contributed by atoms with Crippen LogP contribution in [-0.2, 0) is 9.59 Å². The molecule has 6 heteroatoms. The van der Waals surface area contributed by atoms with Crippen LogP contribution in [0.1, 0.15) is 61.7 Å². The van der Waals surface area contributed by atoms with Crippen LogP contribution >= 0.6 is 0 Å². The molecular weight excluding hydrogens is 354 g/mol. The van der Waals surface area contributed by atoms with Crippen LogP contribution in [0.2, 0.25) is 0 Å². The number of hydrogen-bond acceptors (Lipinski definition) is 3. The van der Waals surface area contributed by atoms with Crippen molar-refractivity contribution in [2.24, 2.45) is 28.9 Å². The molecule has 0 unspecified atom stereocenters. The molecule has 0 saturated heterocycles. The first-order chi connectivity index (χ1) is 13.4. The van der Waals surface area contributed by atoms with Gasteiger partial charge in [0.15, 0.2) is 0 Å². The number of nitrogens with two attached hydrogens (primary N) is 1.